The standard InChI is InChI=1S/C31H39FN2O5S/c1-8-22(6)34(31(35)33-30-26(20(2)3)10-9-11-27(30)21(4)5)19-23-12-17-28(38-7)29(18-23)39-40(36,37)25-15-13-24(32)14-16-25/h9-18,20-22H,8,19H2,1-7H3,(H,33,35). The molecule has 0 fully saturated rings. The summed E-state index contributed by atoms with van der Waals surface area (Å²) in [6.07, 6.45) is 0.717. The highest BCUT2D eigenvalue weighted by atomic mass is 32.2. The third kappa shape index (κ3) is 7.33. The zero-order valence-corrected chi connectivity index (χ0v) is 25.0. The number of rotatable bonds is 11. The molecule has 1 unspecified atom stereocenters. The van der Waals surface area contributed by atoms with Crippen LogP contribution in [0.25, 0.3) is 0 Å². The molecule has 2 amide bonds. The monoisotopic (exact) mass is 570 g/mol. The molecule has 3 aromatic carbocycles. The van der Waals surface area contributed by atoms with Crippen LogP contribution in [0.1, 0.15) is 76.5 Å². The van der Waals surface area contributed by atoms with Crippen LogP contribution in [0, 0.1) is 5.82 Å². The molecule has 40 heavy (non-hydrogen) atoms. The number of amides is 2. The van der Waals surface area contributed by atoms with Gasteiger partial charge in [0.15, 0.2) is 11.5 Å². The van der Waals surface area contributed by atoms with E-state index in [0.29, 0.717) is 5.56 Å². The molecule has 3 rings (SSSR count). The van der Waals surface area contributed by atoms with Crippen LogP contribution < -0.4 is 14.2 Å². The second-order valence-corrected chi connectivity index (χ2v) is 12.0. The van der Waals surface area contributed by atoms with Crippen molar-refractivity contribution in [1.29, 1.82) is 0 Å². The zero-order valence-electron chi connectivity index (χ0n) is 24.2. The molecule has 3 aromatic rings. The molecule has 216 valence electrons. The minimum absolute atomic E-state index is 0.0268. The first kappa shape index (κ1) is 30.9. The summed E-state index contributed by atoms with van der Waals surface area (Å²) in [7, 11) is -2.84. The fourth-order valence-corrected chi connectivity index (χ4v) is 5.30. The average Bonchev–Trinajstić information content (AvgIpc) is 2.91. The van der Waals surface area contributed by atoms with Gasteiger partial charge in [0, 0.05) is 18.3 Å². The highest BCUT2D eigenvalue weighted by Crippen LogP contribution is 2.34. The van der Waals surface area contributed by atoms with Gasteiger partial charge in [0.05, 0.1) is 7.11 Å². The van der Waals surface area contributed by atoms with E-state index in [1.807, 2.05) is 32.0 Å². The van der Waals surface area contributed by atoms with Crippen molar-refractivity contribution >= 4 is 21.8 Å². The van der Waals surface area contributed by atoms with Gasteiger partial charge in [-0.3, -0.25) is 0 Å². The molecule has 0 saturated carbocycles. The first-order valence-electron chi connectivity index (χ1n) is 13.4. The van der Waals surface area contributed by atoms with Gasteiger partial charge in [-0.05, 0) is 78.3 Å². The van der Waals surface area contributed by atoms with Crippen LogP contribution in [-0.4, -0.2) is 32.5 Å². The Balaban J connectivity index is 1.94. The van der Waals surface area contributed by atoms with Crippen molar-refractivity contribution in [2.24, 2.45) is 0 Å². The Bertz CT molecular complexity index is 1400. The first-order chi connectivity index (χ1) is 18.9. The molecule has 0 radical (unpaired) electrons. The van der Waals surface area contributed by atoms with Gasteiger partial charge < -0.3 is 19.1 Å². The van der Waals surface area contributed by atoms with E-state index in [4.69, 9.17) is 8.92 Å². The van der Waals surface area contributed by atoms with Crippen molar-refractivity contribution in [3.8, 4) is 11.5 Å². The Morgan fingerprint density at radius 2 is 1.52 bits per heavy atom. The normalized spacial score (nSPS) is 12.3. The van der Waals surface area contributed by atoms with Gasteiger partial charge >= 0.3 is 16.1 Å². The van der Waals surface area contributed by atoms with Gasteiger partial charge in [0.2, 0.25) is 0 Å². The molecule has 0 spiro atoms. The van der Waals surface area contributed by atoms with Gasteiger partial charge in [-0.25, -0.2) is 9.18 Å². The molecular formula is C31H39FN2O5S. The number of hydrogen-bond donors (Lipinski definition) is 1. The zero-order chi connectivity index (χ0) is 29.6. The Morgan fingerprint density at radius 3 is 2.05 bits per heavy atom. The number of benzene rings is 3. The number of ether oxygens (including phenoxy) is 1. The quantitative estimate of drug-likeness (QED) is 0.239. The predicted octanol–water partition coefficient (Wildman–Crippen LogP) is 7.68. The second kappa shape index (κ2) is 13.2. The molecule has 0 bridgehead atoms. The number of carbonyl (C=O) groups is 1. The Kier molecular flexibility index (Phi) is 10.2. The lowest BCUT2D eigenvalue weighted by atomic mass is 9.92. The van der Waals surface area contributed by atoms with E-state index in [-0.39, 0.29) is 46.8 Å². The smallest absolute Gasteiger partial charge is 0.339 e. The molecule has 0 heterocycles. The maximum absolute atomic E-state index is 13.7. The van der Waals surface area contributed by atoms with E-state index < -0.39 is 15.9 Å². The summed E-state index contributed by atoms with van der Waals surface area (Å²) in [5.74, 6) is 0.0618. The van der Waals surface area contributed by atoms with Crippen LogP contribution in [0.4, 0.5) is 14.9 Å². The molecule has 7 nitrogen and oxygen atoms in total. The number of para-hydroxylation sites is 1. The van der Waals surface area contributed by atoms with Crippen molar-refractivity contribution in [1.82, 2.24) is 4.90 Å². The molecule has 9 heteroatoms. The summed E-state index contributed by atoms with van der Waals surface area (Å²) in [5.41, 5.74) is 3.61. The number of methoxy groups -OCH3 is 1. The average molecular weight is 571 g/mol. The lowest BCUT2D eigenvalue weighted by Gasteiger charge is -2.30. The Morgan fingerprint density at radius 1 is 0.925 bits per heavy atom. The number of hydrogen-bond acceptors (Lipinski definition) is 5. The minimum Gasteiger partial charge on any atom is -0.493 e. The first-order valence-corrected chi connectivity index (χ1v) is 14.9. The molecule has 0 aliphatic rings. The van der Waals surface area contributed by atoms with Gasteiger partial charge in [-0.15, -0.1) is 0 Å². The molecule has 1 N–H and O–H groups in total. The predicted molar refractivity (Wildman–Crippen MR) is 156 cm³/mol. The van der Waals surface area contributed by atoms with Crippen molar-refractivity contribution < 1.29 is 26.5 Å². The molecule has 0 aliphatic carbocycles. The Labute approximate surface area is 237 Å². The lowest BCUT2D eigenvalue weighted by Crippen LogP contribution is -2.41. The SMILES string of the molecule is CCC(C)N(Cc1ccc(OC)c(OS(=O)(=O)c2ccc(F)cc2)c1)C(=O)Nc1c(C(C)C)cccc1C(C)C. The number of anilines is 1. The van der Waals surface area contributed by atoms with E-state index in [0.717, 1.165) is 47.5 Å². The summed E-state index contributed by atoms with van der Waals surface area (Å²) >= 11 is 0. The maximum Gasteiger partial charge on any atom is 0.339 e. The summed E-state index contributed by atoms with van der Waals surface area (Å²) < 4.78 is 49.8. The van der Waals surface area contributed by atoms with E-state index >= 15 is 0 Å². The van der Waals surface area contributed by atoms with Gasteiger partial charge in [0.25, 0.3) is 0 Å². The number of urea groups is 1. The van der Waals surface area contributed by atoms with Gasteiger partial charge in [-0.2, -0.15) is 8.42 Å². The molecule has 0 aromatic heterocycles. The number of halogens is 1. The van der Waals surface area contributed by atoms with Crippen LogP contribution >= 0.6 is 0 Å². The minimum atomic E-state index is -4.25. The van der Waals surface area contributed by atoms with Crippen LogP contribution in [0.2, 0.25) is 0 Å². The lowest BCUT2D eigenvalue weighted by molar-refractivity contribution is 0.187. The van der Waals surface area contributed by atoms with Crippen molar-refractivity contribution in [2.45, 2.75) is 77.3 Å². The number of carbonyl (C=O) groups excluding carboxylic acids is 1. The van der Waals surface area contributed by atoms with E-state index in [1.54, 1.807) is 23.1 Å². The molecular weight excluding hydrogens is 531 g/mol. The van der Waals surface area contributed by atoms with Crippen LogP contribution in [0.3, 0.4) is 0 Å². The van der Waals surface area contributed by atoms with E-state index in [1.165, 1.54) is 7.11 Å². The van der Waals surface area contributed by atoms with Gasteiger partial charge in [-0.1, -0.05) is 58.9 Å². The fraction of sp³-hybridized carbons (Fsp3) is 0.387. The second-order valence-electron chi connectivity index (χ2n) is 10.4. The third-order valence-corrected chi connectivity index (χ3v) is 8.12. The third-order valence-electron chi connectivity index (χ3n) is 6.87. The topological polar surface area (TPSA) is 84.9 Å². The summed E-state index contributed by atoms with van der Waals surface area (Å²) in [6, 6.07) is 15.0. The molecule has 0 saturated heterocycles. The maximum atomic E-state index is 13.7. The number of nitrogens with one attached hydrogen (secondary N) is 1. The van der Waals surface area contributed by atoms with Crippen LogP contribution in [0.15, 0.2) is 65.6 Å². The highest BCUT2D eigenvalue weighted by molar-refractivity contribution is 7.87. The van der Waals surface area contributed by atoms with Crippen LogP contribution in [-0.2, 0) is 16.7 Å². The number of nitrogens with zero attached hydrogens (tertiary/aromatic N) is 1. The summed E-state index contributed by atoms with van der Waals surface area (Å²) in [6.45, 7) is 12.6. The summed E-state index contributed by atoms with van der Waals surface area (Å²) in [5, 5.41) is 3.18. The van der Waals surface area contributed by atoms with Gasteiger partial charge in [0.1, 0.15) is 10.7 Å². The largest absolute Gasteiger partial charge is 0.493 e. The molecule has 0 aliphatic heterocycles. The van der Waals surface area contributed by atoms with E-state index in [2.05, 4.69) is 33.0 Å². The van der Waals surface area contributed by atoms with Crippen molar-refractivity contribution in [3.63, 3.8) is 0 Å². The Hall–Kier alpha value is -3.59. The summed E-state index contributed by atoms with van der Waals surface area (Å²) in [4.78, 5) is 15.3. The van der Waals surface area contributed by atoms with Crippen molar-refractivity contribution in [3.05, 3.63) is 83.2 Å². The van der Waals surface area contributed by atoms with Crippen LogP contribution in [0.5, 0.6) is 11.5 Å². The van der Waals surface area contributed by atoms with E-state index in [9.17, 15) is 17.6 Å². The van der Waals surface area contributed by atoms with Crippen molar-refractivity contribution in [2.75, 3.05) is 12.4 Å². The fourth-order valence-electron chi connectivity index (χ4n) is 4.37. The molecule has 1 atom stereocenters. The highest BCUT2D eigenvalue weighted by Gasteiger charge is 2.25.